The molecule has 0 aromatic heterocycles. The van der Waals surface area contributed by atoms with Crippen LogP contribution in [0.2, 0.25) is 0 Å². The maximum atomic E-state index is 11.4. The number of nitrogens with zero attached hydrogens (tertiary/aromatic N) is 2. The van der Waals surface area contributed by atoms with Crippen molar-refractivity contribution in [3.8, 4) is 0 Å². The minimum Gasteiger partial charge on any atom is -0.443 e. The summed E-state index contributed by atoms with van der Waals surface area (Å²) >= 11 is 0. The molecular weight excluding hydrogens is 274 g/mol. The third-order valence-electron chi connectivity index (χ3n) is 2.46. The molecule has 1 rings (SSSR count). The number of hydrazone groups is 1. The summed E-state index contributed by atoms with van der Waals surface area (Å²) in [5.74, 6) is 0. The van der Waals surface area contributed by atoms with E-state index in [9.17, 15) is 14.9 Å². The highest BCUT2D eigenvalue weighted by atomic mass is 16.6. The first-order valence-corrected chi connectivity index (χ1v) is 6.52. The maximum absolute atomic E-state index is 11.4. The summed E-state index contributed by atoms with van der Waals surface area (Å²) in [5, 5.41) is 14.7. The molecule has 0 aliphatic carbocycles. The number of benzene rings is 1. The fourth-order valence-corrected chi connectivity index (χ4v) is 1.59. The van der Waals surface area contributed by atoms with E-state index in [4.69, 9.17) is 4.74 Å². The Hall–Kier alpha value is -2.44. The summed E-state index contributed by atoms with van der Waals surface area (Å²) < 4.78 is 5.00. The molecule has 21 heavy (non-hydrogen) atoms. The lowest BCUT2D eigenvalue weighted by Crippen LogP contribution is -2.29. The zero-order valence-electron chi connectivity index (χ0n) is 12.5. The van der Waals surface area contributed by atoms with Crippen LogP contribution in [-0.4, -0.2) is 22.8 Å². The van der Waals surface area contributed by atoms with Crippen LogP contribution in [0.4, 0.5) is 10.5 Å². The summed E-state index contributed by atoms with van der Waals surface area (Å²) in [5.41, 5.74) is 2.81. The van der Waals surface area contributed by atoms with Crippen LogP contribution < -0.4 is 5.43 Å². The molecule has 0 saturated heterocycles. The van der Waals surface area contributed by atoms with Crippen LogP contribution in [0.25, 0.3) is 0 Å². The monoisotopic (exact) mass is 293 g/mol. The Labute approximate surface area is 123 Å². The van der Waals surface area contributed by atoms with Crippen molar-refractivity contribution in [2.24, 2.45) is 5.10 Å². The molecule has 0 spiro atoms. The molecule has 0 saturated carbocycles. The van der Waals surface area contributed by atoms with Crippen molar-refractivity contribution in [2.45, 2.75) is 39.7 Å². The number of aryl methyl sites for hydroxylation is 1. The molecule has 0 unspecified atom stereocenters. The molecule has 0 bridgehead atoms. The predicted molar refractivity (Wildman–Crippen MR) is 79.4 cm³/mol. The first kappa shape index (κ1) is 16.6. The van der Waals surface area contributed by atoms with Gasteiger partial charge in [0.1, 0.15) is 5.60 Å². The largest absolute Gasteiger partial charge is 0.443 e. The molecule has 0 aliphatic rings. The summed E-state index contributed by atoms with van der Waals surface area (Å²) in [7, 11) is 0. The molecule has 0 heterocycles. The third kappa shape index (κ3) is 5.60. The van der Waals surface area contributed by atoms with E-state index in [0.717, 1.165) is 0 Å². The van der Waals surface area contributed by atoms with Crippen molar-refractivity contribution in [1.82, 2.24) is 5.43 Å². The van der Waals surface area contributed by atoms with Gasteiger partial charge in [0.25, 0.3) is 5.69 Å². The average Bonchev–Trinajstić information content (AvgIpc) is 2.36. The van der Waals surface area contributed by atoms with Gasteiger partial charge in [0.05, 0.1) is 11.1 Å². The molecule has 114 valence electrons. The highest BCUT2D eigenvalue weighted by molar-refractivity contribution is 5.82. The van der Waals surface area contributed by atoms with Crippen LogP contribution in [-0.2, 0) is 11.2 Å². The number of nitrogens with one attached hydrogen (secondary N) is 1. The van der Waals surface area contributed by atoms with Crippen molar-refractivity contribution in [1.29, 1.82) is 0 Å². The van der Waals surface area contributed by atoms with Crippen LogP contribution in [0, 0.1) is 10.1 Å². The van der Waals surface area contributed by atoms with E-state index in [-0.39, 0.29) is 5.69 Å². The second-order valence-corrected chi connectivity index (χ2v) is 5.37. The number of hydrogen-bond acceptors (Lipinski definition) is 5. The lowest BCUT2D eigenvalue weighted by molar-refractivity contribution is -0.385. The van der Waals surface area contributed by atoms with E-state index in [1.807, 2.05) is 6.92 Å². The number of rotatable bonds is 4. The molecule has 0 atom stereocenters. The number of nitro groups is 1. The Bertz CT molecular complexity index is 562. The van der Waals surface area contributed by atoms with Crippen LogP contribution in [0.15, 0.2) is 23.3 Å². The van der Waals surface area contributed by atoms with Crippen molar-refractivity contribution < 1.29 is 14.5 Å². The number of nitro benzene ring substituents is 1. The number of carbonyl (C=O) groups excluding carboxylic acids is 1. The van der Waals surface area contributed by atoms with Crippen LogP contribution in [0.1, 0.15) is 38.8 Å². The van der Waals surface area contributed by atoms with Crippen LogP contribution >= 0.6 is 0 Å². The number of amides is 1. The fourth-order valence-electron chi connectivity index (χ4n) is 1.59. The Kier molecular flexibility index (Phi) is 5.40. The molecule has 1 aromatic carbocycles. The van der Waals surface area contributed by atoms with E-state index >= 15 is 0 Å². The van der Waals surface area contributed by atoms with Crippen molar-refractivity contribution >= 4 is 18.0 Å². The molecule has 1 amide bonds. The zero-order valence-corrected chi connectivity index (χ0v) is 12.5. The van der Waals surface area contributed by atoms with Gasteiger partial charge in [-0.25, -0.2) is 10.2 Å². The summed E-state index contributed by atoms with van der Waals surface area (Å²) in [6.45, 7) is 7.07. The smallest absolute Gasteiger partial charge is 0.428 e. The molecule has 0 fully saturated rings. The van der Waals surface area contributed by atoms with Gasteiger partial charge < -0.3 is 4.74 Å². The molecule has 1 N–H and O–H groups in total. The van der Waals surface area contributed by atoms with E-state index in [0.29, 0.717) is 17.5 Å². The molecule has 0 aliphatic heterocycles. The van der Waals surface area contributed by atoms with Crippen LogP contribution in [0.5, 0.6) is 0 Å². The first-order chi connectivity index (χ1) is 9.73. The van der Waals surface area contributed by atoms with Crippen LogP contribution in [0.3, 0.4) is 0 Å². The van der Waals surface area contributed by atoms with E-state index in [1.165, 1.54) is 12.3 Å². The Balaban J connectivity index is 2.75. The maximum Gasteiger partial charge on any atom is 0.428 e. The van der Waals surface area contributed by atoms with Crippen molar-refractivity contribution in [2.75, 3.05) is 0 Å². The molecular formula is C14H19N3O4. The van der Waals surface area contributed by atoms with E-state index in [2.05, 4.69) is 10.5 Å². The summed E-state index contributed by atoms with van der Waals surface area (Å²) in [6, 6.07) is 4.79. The normalized spacial score (nSPS) is 11.4. The van der Waals surface area contributed by atoms with E-state index in [1.54, 1.807) is 32.9 Å². The lowest BCUT2D eigenvalue weighted by atomic mass is 10.1. The van der Waals surface area contributed by atoms with Gasteiger partial charge in [-0.2, -0.15) is 5.10 Å². The number of hydrogen-bond donors (Lipinski definition) is 1. The second kappa shape index (κ2) is 6.83. The average molecular weight is 293 g/mol. The molecule has 0 radical (unpaired) electrons. The van der Waals surface area contributed by atoms with Gasteiger partial charge in [-0.05, 0) is 27.2 Å². The topological polar surface area (TPSA) is 93.8 Å². The van der Waals surface area contributed by atoms with Gasteiger partial charge in [-0.3, -0.25) is 10.1 Å². The Morgan fingerprint density at radius 1 is 1.48 bits per heavy atom. The minimum absolute atomic E-state index is 0.0405. The van der Waals surface area contributed by atoms with Crippen molar-refractivity contribution in [3.05, 3.63) is 39.4 Å². The van der Waals surface area contributed by atoms with Gasteiger partial charge in [0, 0.05) is 17.2 Å². The van der Waals surface area contributed by atoms with Gasteiger partial charge in [-0.15, -0.1) is 0 Å². The predicted octanol–water partition coefficient (Wildman–Crippen LogP) is 3.02. The first-order valence-electron chi connectivity index (χ1n) is 6.52. The summed E-state index contributed by atoms with van der Waals surface area (Å²) in [4.78, 5) is 21.9. The zero-order chi connectivity index (χ0) is 16.0. The quantitative estimate of drug-likeness (QED) is 0.524. The Morgan fingerprint density at radius 3 is 2.67 bits per heavy atom. The molecule has 7 heteroatoms. The second-order valence-electron chi connectivity index (χ2n) is 5.37. The van der Waals surface area contributed by atoms with Gasteiger partial charge in [0.2, 0.25) is 0 Å². The van der Waals surface area contributed by atoms with Crippen molar-refractivity contribution in [3.63, 3.8) is 0 Å². The number of ether oxygens (including phenoxy) is 1. The van der Waals surface area contributed by atoms with Gasteiger partial charge >= 0.3 is 6.09 Å². The Morgan fingerprint density at radius 2 is 2.14 bits per heavy atom. The molecule has 1 aromatic rings. The standard InChI is InChI=1S/C14H19N3O4/c1-5-11-7-6-10(8-12(11)17(19)20)9-15-16-13(18)21-14(2,3)4/h6-9H,5H2,1-4H3,(H,16,18)/b15-9-. The number of carbonyl (C=O) groups is 1. The highest BCUT2D eigenvalue weighted by Gasteiger charge is 2.15. The lowest BCUT2D eigenvalue weighted by Gasteiger charge is -2.18. The third-order valence-corrected chi connectivity index (χ3v) is 2.46. The van der Waals surface area contributed by atoms with Gasteiger partial charge in [0.15, 0.2) is 0 Å². The highest BCUT2D eigenvalue weighted by Crippen LogP contribution is 2.20. The SMILES string of the molecule is CCc1ccc(/C=N\NC(=O)OC(C)(C)C)cc1[N+](=O)[O-]. The summed E-state index contributed by atoms with van der Waals surface area (Å²) in [6.07, 6.45) is 1.22. The molecule has 7 nitrogen and oxygen atoms in total. The van der Waals surface area contributed by atoms with Gasteiger partial charge in [-0.1, -0.05) is 19.1 Å². The fraction of sp³-hybridized carbons (Fsp3) is 0.429. The minimum atomic E-state index is -0.682. The van der Waals surface area contributed by atoms with E-state index < -0.39 is 16.6 Å².